The van der Waals surface area contributed by atoms with E-state index in [0.717, 1.165) is 0 Å². The van der Waals surface area contributed by atoms with Gasteiger partial charge in [-0.3, -0.25) is 9.59 Å². The van der Waals surface area contributed by atoms with E-state index < -0.39 is 17.9 Å². The second-order valence-electron chi connectivity index (χ2n) is 3.32. The molecule has 0 heterocycles. The Morgan fingerprint density at radius 3 is 1.24 bits per heavy atom. The normalized spacial score (nSPS) is 9.71. The predicted molar refractivity (Wildman–Crippen MR) is 66.8 cm³/mol. The molecule has 0 rings (SSSR count). The van der Waals surface area contributed by atoms with Gasteiger partial charge in [-0.15, -0.1) is 0 Å². The number of hydrogen-bond acceptors (Lipinski definition) is 4. The van der Waals surface area contributed by atoms with Crippen molar-refractivity contribution in [1.29, 1.82) is 0 Å². The Kier molecular flexibility index (Phi) is 15.1. The fourth-order valence-electron chi connectivity index (χ4n) is 0. The number of carbonyl (C=O) groups excluding carboxylic acids is 2. The van der Waals surface area contributed by atoms with Crippen LogP contribution in [0.1, 0.15) is 20.8 Å². The monoisotopic (exact) mass is 246 g/mol. The minimum Gasteiger partial charge on any atom is -0.394 e. The summed E-state index contributed by atoms with van der Waals surface area (Å²) in [6.07, 6.45) is -0.560. The lowest BCUT2D eigenvalue weighted by atomic mass is 10.3. The standard InChI is InChI=1S/2C4H7NO.C3H8O2/c2*1-3(2)4(5)6;1-3(5)2-4/h2*1H2,2H3,(H2,5,6);3-5H,2H2,1H3. The third-order valence-corrected chi connectivity index (χ3v) is 1.11. The number of aliphatic hydroxyl groups is 2. The zero-order valence-corrected chi connectivity index (χ0v) is 10.6. The molecule has 17 heavy (non-hydrogen) atoms. The molecule has 6 heteroatoms. The molecular formula is C11H22N2O4. The van der Waals surface area contributed by atoms with E-state index in [1.54, 1.807) is 13.8 Å². The summed E-state index contributed by atoms with van der Waals surface area (Å²) in [7, 11) is 0. The van der Waals surface area contributed by atoms with E-state index in [0.29, 0.717) is 11.1 Å². The van der Waals surface area contributed by atoms with Crippen molar-refractivity contribution in [2.75, 3.05) is 6.61 Å². The quantitative estimate of drug-likeness (QED) is 0.498. The lowest BCUT2D eigenvalue weighted by molar-refractivity contribution is -0.115. The van der Waals surface area contributed by atoms with E-state index in [-0.39, 0.29) is 6.61 Å². The van der Waals surface area contributed by atoms with Crippen LogP contribution in [0.15, 0.2) is 24.3 Å². The molecular weight excluding hydrogens is 224 g/mol. The van der Waals surface area contributed by atoms with Crippen LogP contribution in [0.5, 0.6) is 0 Å². The summed E-state index contributed by atoms with van der Waals surface area (Å²) in [5.41, 5.74) is 10.2. The molecule has 1 atom stereocenters. The van der Waals surface area contributed by atoms with E-state index in [2.05, 4.69) is 13.2 Å². The number of primary amides is 2. The van der Waals surface area contributed by atoms with E-state index in [1.807, 2.05) is 0 Å². The summed E-state index contributed by atoms with van der Waals surface area (Å²) in [5, 5.41) is 16.0. The van der Waals surface area contributed by atoms with Crippen molar-refractivity contribution in [3.8, 4) is 0 Å². The van der Waals surface area contributed by atoms with Crippen LogP contribution in [0.25, 0.3) is 0 Å². The Labute approximate surface area is 102 Å². The van der Waals surface area contributed by atoms with Gasteiger partial charge in [0.25, 0.3) is 0 Å². The summed E-state index contributed by atoms with van der Waals surface area (Å²) < 4.78 is 0. The molecule has 6 N–H and O–H groups in total. The summed E-state index contributed by atoms with van der Waals surface area (Å²) >= 11 is 0. The van der Waals surface area contributed by atoms with Gasteiger partial charge >= 0.3 is 0 Å². The SMILES string of the molecule is C=C(C)C(N)=O.C=C(C)C(N)=O.CC(O)CO. The average molecular weight is 246 g/mol. The number of aliphatic hydroxyl groups excluding tert-OH is 2. The van der Waals surface area contributed by atoms with Gasteiger partial charge in [-0.2, -0.15) is 0 Å². The number of carbonyl (C=O) groups is 2. The highest BCUT2D eigenvalue weighted by Crippen LogP contribution is 1.78. The fraction of sp³-hybridized carbons (Fsp3) is 0.455. The molecule has 0 bridgehead atoms. The number of amides is 2. The molecule has 2 amide bonds. The van der Waals surface area contributed by atoms with Crippen LogP contribution in [-0.4, -0.2) is 34.7 Å². The van der Waals surface area contributed by atoms with Gasteiger partial charge in [0.05, 0.1) is 12.7 Å². The maximum atomic E-state index is 9.82. The summed E-state index contributed by atoms with van der Waals surface area (Å²) in [6, 6.07) is 0. The zero-order valence-electron chi connectivity index (χ0n) is 10.6. The van der Waals surface area contributed by atoms with Crippen molar-refractivity contribution in [3.63, 3.8) is 0 Å². The lowest BCUT2D eigenvalue weighted by Crippen LogP contribution is -2.10. The second-order valence-corrected chi connectivity index (χ2v) is 3.32. The summed E-state index contributed by atoms with van der Waals surface area (Å²) in [4.78, 5) is 19.6. The Balaban J connectivity index is -0.000000174. The summed E-state index contributed by atoms with van der Waals surface area (Å²) in [6.45, 7) is 11.1. The van der Waals surface area contributed by atoms with Gasteiger partial charge in [-0.25, -0.2) is 0 Å². The first-order valence-corrected chi connectivity index (χ1v) is 4.75. The third kappa shape index (κ3) is 31.4. The molecule has 0 aliphatic carbocycles. The fourth-order valence-corrected chi connectivity index (χ4v) is 0. The molecule has 6 nitrogen and oxygen atoms in total. The highest BCUT2D eigenvalue weighted by atomic mass is 16.3. The maximum Gasteiger partial charge on any atom is 0.243 e. The Morgan fingerprint density at radius 1 is 1.12 bits per heavy atom. The van der Waals surface area contributed by atoms with Gasteiger partial charge in [0.15, 0.2) is 0 Å². The van der Waals surface area contributed by atoms with E-state index in [9.17, 15) is 9.59 Å². The van der Waals surface area contributed by atoms with Crippen molar-refractivity contribution in [3.05, 3.63) is 24.3 Å². The highest BCUT2D eigenvalue weighted by Gasteiger charge is 1.87. The Hall–Kier alpha value is -1.66. The first kappa shape index (κ1) is 20.7. The smallest absolute Gasteiger partial charge is 0.243 e. The minimum absolute atomic E-state index is 0.139. The van der Waals surface area contributed by atoms with Crippen molar-refractivity contribution in [2.24, 2.45) is 11.5 Å². The minimum atomic E-state index is -0.560. The third-order valence-electron chi connectivity index (χ3n) is 1.11. The second kappa shape index (κ2) is 12.4. The Morgan fingerprint density at radius 2 is 1.24 bits per heavy atom. The molecule has 0 aliphatic heterocycles. The van der Waals surface area contributed by atoms with Crippen LogP contribution in [0.3, 0.4) is 0 Å². The van der Waals surface area contributed by atoms with E-state index in [1.165, 1.54) is 6.92 Å². The van der Waals surface area contributed by atoms with Crippen LogP contribution < -0.4 is 11.5 Å². The van der Waals surface area contributed by atoms with Crippen LogP contribution in [-0.2, 0) is 9.59 Å². The number of hydrogen-bond donors (Lipinski definition) is 4. The van der Waals surface area contributed by atoms with Gasteiger partial charge in [0, 0.05) is 11.1 Å². The topological polar surface area (TPSA) is 127 Å². The Bertz CT molecular complexity index is 225. The van der Waals surface area contributed by atoms with Gasteiger partial charge in [0.2, 0.25) is 11.8 Å². The van der Waals surface area contributed by atoms with Crippen LogP contribution >= 0.6 is 0 Å². The first-order chi connectivity index (χ1) is 7.56. The van der Waals surface area contributed by atoms with Gasteiger partial charge < -0.3 is 21.7 Å². The van der Waals surface area contributed by atoms with Gasteiger partial charge in [-0.1, -0.05) is 13.2 Å². The predicted octanol–water partition coefficient (Wildman–Crippen LogP) is -0.545. The van der Waals surface area contributed by atoms with E-state index >= 15 is 0 Å². The van der Waals surface area contributed by atoms with Gasteiger partial charge in [0.1, 0.15) is 0 Å². The molecule has 0 aromatic heterocycles. The average Bonchev–Trinajstić information content (AvgIpc) is 2.19. The molecule has 100 valence electrons. The molecule has 0 saturated carbocycles. The lowest BCUT2D eigenvalue weighted by Gasteiger charge is -1.90. The highest BCUT2D eigenvalue weighted by molar-refractivity contribution is 5.90. The molecule has 0 radical (unpaired) electrons. The number of nitrogens with two attached hydrogens (primary N) is 2. The molecule has 0 aliphatic rings. The van der Waals surface area contributed by atoms with Gasteiger partial charge in [-0.05, 0) is 20.8 Å². The molecule has 0 saturated heterocycles. The molecule has 0 fully saturated rings. The molecule has 1 unspecified atom stereocenters. The zero-order chi connectivity index (χ0) is 14.6. The summed E-state index contributed by atoms with van der Waals surface area (Å²) in [5.74, 6) is -0.870. The van der Waals surface area contributed by atoms with Crippen LogP contribution in [0.2, 0.25) is 0 Å². The van der Waals surface area contributed by atoms with Crippen molar-refractivity contribution >= 4 is 11.8 Å². The molecule has 0 aromatic rings. The van der Waals surface area contributed by atoms with Crippen molar-refractivity contribution in [2.45, 2.75) is 26.9 Å². The maximum absolute atomic E-state index is 9.82. The number of rotatable bonds is 3. The van der Waals surface area contributed by atoms with Crippen LogP contribution in [0, 0.1) is 0 Å². The largest absolute Gasteiger partial charge is 0.394 e. The van der Waals surface area contributed by atoms with E-state index in [4.69, 9.17) is 21.7 Å². The molecule has 0 aromatic carbocycles. The van der Waals surface area contributed by atoms with Crippen molar-refractivity contribution < 1.29 is 19.8 Å². The van der Waals surface area contributed by atoms with Crippen LogP contribution in [0.4, 0.5) is 0 Å². The first-order valence-electron chi connectivity index (χ1n) is 4.75. The molecule has 0 spiro atoms. The van der Waals surface area contributed by atoms with Crippen molar-refractivity contribution in [1.82, 2.24) is 0 Å².